The fourth-order valence-electron chi connectivity index (χ4n) is 2.92. The first kappa shape index (κ1) is 23.4. The second-order valence-electron chi connectivity index (χ2n) is 7.03. The molecule has 0 bridgehead atoms. The van der Waals surface area contributed by atoms with Gasteiger partial charge in [0.25, 0.3) is 0 Å². The Morgan fingerprint density at radius 3 is 2.97 bits per heavy atom. The van der Waals surface area contributed by atoms with E-state index >= 15 is 0 Å². The summed E-state index contributed by atoms with van der Waals surface area (Å²) in [5.41, 5.74) is 1.68. The van der Waals surface area contributed by atoms with E-state index in [2.05, 4.69) is 20.9 Å². The first-order valence-electron chi connectivity index (χ1n) is 10.4. The maximum atomic E-state index is 12.1. The highest BCUT2D eigenvalue weighted by atomic mass is 35.5. The lowest BCUT2D eigenvalue weighted by Crippen LogP contribution is -2.38. The minimum Gasteiger partial charge on any atom is -0.379 e. The highest BCUT2D eigenvalue weighted by molar-refractivity contribution is 6.33. The molecule has 1 aliphatic rings. The number of nitrogens with one attached hydrogen (secondary N) is 3. The molecule has 7 nitrogen and oxygen atoms in total. The number of carbonyl (C=O) groups excluding carboxylic acids is 1. The van der Waals surface area contributed by atoms with E-state index < -0.39 is 0 Å². The zero-order valence-corrected chi connectivity index (χ0v) is 18.2. The molecule has 162 valence electrons. The maximum absolute atomic E-state index is 12.1. The van der Waals surface area contributed by atoms with Crippen molar-refractivity contribution in [2.24, 2.45) is 4.99 Å². The molecule has 1 aromatic rings. The van der Waals surface area contributed by atoms with Crippen molar-refractivity contribution in [2.75, 3.05) is 44.8 Å². The van der Waals surface area contributed by atoms with Crippen LogP contribution in [0, 0.1) is 6.92 Å². The smallest absolute Gasteiger partial charge is 0.226 e. The Bertz CT molecular complexity index is 663. The number of aliphatic imine (C=N–C) groups is 1. The molecule has 0 aliphatic carbocycles. The van der Waals surface area contributed by atoms with Crippen LogP contribution in [0.25, 0.3) is 0 Å². The molecular weight excluding hydrogens is 392 g/mol. The predicted octanol–water partition coefficient (Wildman–Crippen LogP) is 3.12. The Labute approximate surface area is 178 Å². The van der Waals surface area contributed by atoms with Crippen molar-refractivity contribution < 1.29 is 14.3 Å². The van der Waals surface area contributed by atoms with Crippen LogP contribution in [0.5, 0.6) is 0 Å². The molecule has 0 spiro atoms. The van der Waals surface area contributed by atoms with E-state index in [1.54, 1.807) is 0 Å². The van der Waals surface area contributed by atoms with Gasteiger partial charge in [0.05, 0.1) is 23.4 Å². The highest BCUT2D eigenvalue weighted by Gasteiger charge is 2.14. The molecule has 0 aromatic heterocycles. The second-order valence-corrected chi connectivity index (χ2v) is 7.44. The lowest BCUT2D eigenvalue weighted by atomic mass is 10.2. The molecule has 8 heteroatoms. The third-order valence-corrected chi connectivity index (χ3v) is 4.74. The largest absolute Gasteiger partial charge is 0.379 e. The lowest BCUT2D eigenvalue weighted by molar-refractivity contribution is -0.116. The zero-order valence-electron chi connectivity index (χ0n) is 17.4. The molecule has 3 N–H and O–H groups in total. The standard InChI is InChI=1S/C21H33ClN4O3/c1-3-23-21(24-10-5-12-28-15-17-6-4-13-29-17)25-11-9-20(27)26-19-8-7-16(2)14-18(19)22/h7-8,14,17H,3-6,9-13,15H2,1-2H3,(H,26,27)(H2,23,24,25). The topological polar surface area (TPSA) is 84.0 Å². The lowest BCUT2D eigenvalue weighted by Gasteiger charge is -2.12. The first-order chi connectivity index (χ1) is 14.1. The Balaban J connectivity index is 1.62. The van der Waals surface area contributed by atoms with E-state index in [9.17, 15) is 4.79 Å². The fraction of sp³-hybridized carbons (Fsp3) is 0.619. The number of ether oxygens (including phenoxy) is 2. The van der Waals surface area contributed by atoms with Gasteiger partial charge in [-0.3, -0.25) is 9.79 Å². The van der Waals surface area contributed by atoms with Crippen LogP contribution in [0.3, 0.4) is 0 Å². The van der Waals surface area contributed by atoms with Crippen LogP contribution >= 0.6 is 11.6 Å². The number of aryl methyl sites for hydroxylation is 1. The van der Waals surface area contributed by atoms with Crippen LogP contribution in [-0.2, 0) is 14.3 Å². The average molecular weight is 425 g/mol. The monoisotopic (exact) mass is 424 g/mol. The van der Waals surface area contributed by atoms with Crippen LogP contribution in [0.2, 0.25) is 5.02 Å². The summed E-state index contributed by atoms with van der Waals surface area (Å²) in [6.45, 7) is 8.05. The molecule has 1 atom stereocenters. The molecule has 0 saturated carbocycles. The molecule has 1 unspecified atom stereocenters. The van der Waals surface area contributed by atoms with Gasteiger partial charge in [0, 0.05) is 39.3 Å². The number of hydrogen-bond donors (Lipinski definition) is 3. The SMILES string of the molecule is CCNC(=NCCCOCC1CCCO1)NCCC(=O)Nc1ccc(C)cc1Cl. The van der Waals surface area contributed by atoms with Crippen LogP contribution in [0.1, 0.15) is 38.2 Å². The summed E-state index contributed by atoms with van der Waals surface area (Å²) in [6, 6.07) is 5.56. The number of guanidine groups is 1. The molecule has 1 aromatic carbocycles. The van der Waals surface area contributed by atoms with Gasteiger partial charge >= 0.3 is 0 Å². The van der Waals surface area contributed by atoms with Gasteiger partial charge in [-0.1, -0.05) is 17.7 Å². The number of carbonyl (C=O) groups is 1. The molecule has 1 fully saturated rings. The highest BCUT2D eigenvalue weighted by Crippen LogP contribution is 2.22. The third-order valence-electron chi connectivity index (χ3n) is 4.43. The third kappa shape index (κ3) is 9.47. The molecule has 1 amide bonds. The van der Waals surface area contributed by atoms with Crippen molar-refractivity contribution in [2.45, 2.75) is 45.6 Å². The summed E-state index contributed by atoms with van der Waals surface area (Å²) < 4.78 is 11.2. The molecule has 2 rings (SSSR count). The predicted molar refractivity (Wildman–Crippen MR) is 118 cm³/mol. The molecule has 0 radical (unpaired) electrons. The van der Waals surface area contributed by atoms with Gasteiger partial charge in [-0.25, -0.2) is 0 Å². The maximum Gasteiger partial charge on any atom is 0.226 e. The number of nitrogens with zero attached hydrogens (tertiary/aromatic N) is 1. The zero-order chi connectivity index (χ0) is 20.9. The molecule has 29 heavy (non-hydrogen) atoms. The summed E-state index contributed by atoms with van der Waals surface area (Å²) in [5.74, 6) is 0.606. The van der Waals surface area contributed by atoms with E-state index in [4.69, 9.17) is 21.1 Å². The van der Waals surface area contributed by atoms with Crippen molar-refractivity contribution in [1.29, 1.82) is 0 Å². The van der Waals surface area contributed by atoms with E-state index in [1.165, 1.54) is 0 Å². The van der Waals surface area contributed by atoms with Crippen LogP contribution in [0.4, 0.5) is 5.69 Å². The summed E-state index contributed by atoms with van der Waals surface area (Å²) in [6.07, 6.45) is 3.65. The van der Waals surface area contributed by atoms with Crippen LogP contribution < -0.4 is 16.0 Å². The number of anilines is 1. The van der Waals surface area contributed by atoms with Gasteiger partial charge in [0.15, 0.2) is 5.96 Å². The average Bonchev–Trinajstić information content (AvgIpc) is 3.20. The van der Waals surface area contributed by atoms with E-state index in [0.717, 1.165) is 38.0 Å². The van der Waals surface area contributed by atoms with E-state index in [1.807, 2.05) is 32.0 Å². The van der Waals surface area contributed by atoms with Crippen LogP contribution in [0.15, 0.2) is 23.2 Å². The Morgan fingerprint density at radius 2 is 2.24 bits per heavy atom. The van der Waals surface area contributed by atoms with Crippen molar-refractivity contribution in [3.05, 3.63) is 28.8 Å². The summed E-state index contributed by atoms with van der Waals surface area (Å²) in [5, 5.41) is 9.74. The Hall–Kier alpha value is -1.83. The minimum atomic E-state index is -0.0957. The van der Waals surface area contributed by atoms with Gasteiger partial charge in [0.1, 0.15) is 0 Å². The van der Waals surface area contributed by atoms with Crippen molar-refractivity contribution >= 4 is 29.2 Å². The Morgan fingerprint density at radius 1 is 1.38 bits per heavy atom. The van der Waals surface area contributed by atoms with Gasteiger partial charge in [-0.15, -0.1) is 0 Å². The summed E-state index contributed by atoms with van der Waals surface area (Å²) >= 11 is 6.15. The van der Waals surface area contributed by atoms with E-state index in [0.29, 0.717) is 49.4 Å². The number of hydrogen-bond acceptors (Lipinski definition) is 4. The summed E-state index contributed by atoms with van der Waals surface area (Å²) in [7, 11) is 0. The van der Waals surface area contributed by atoms with Gasteiger partial charge in [-0.2, -0.15) is 0 Å². The number of halogens is 1. The molecular formula is C21H33ClN4O3. The van der Waals surface area contributed by atoms with Gasteiger partial charge in [0.2, 0.25) is 5.91 Å². The number of rotatable bonds is 11. The number of benzene rings is 1. The van der Waals surface area contributed by atoms with Crippen LogP contribution in [-0.4, -0.2) is 57.4 Å². The second kappa shape index (κ2) is 13.4. The first-order valence-corrected chi connectivity index (χ1v) is 10.7. The summed E-state index contributed by atoms with van der Waals surface area (Å²) in [4.78, 5) is 16.7. The van der Waals surface area contributed by atoms with Crippen molar-refractivity contribution in [3.8, 4) is 0 Å². The normalized spacial score (nSPS) is 16.7. The van der Waals surface area contributed by atoms with Crippen molar-refractivity contribution in [3.63, 3.8) is 0 Å². The fourth-order valence-corrected chi connectivity index (χ4v) is 3.20. The minimum absolute atomic E-state index is 0.0957. The Kier molecular flexibility index (Phi) is 10.8. The number of amides is 1. The van der Waals surface area contributed by atoms with Gasteiger partial charge < -0.3 is 25.4 Å². The van der Waals surface area contributed by atoms with Gasteiger partial charge in [-0.05, 0) is 50.8 Å². The quantitative estimate of drug-likeness (QED) is 0.289. The molecule has 1 heterocycles. The molecule has 1 saturated heterocycles. The van der Waals surface area contributed by atoms with E-state index in [-0.39, 0.29) is 12.0 Å². The molecule has 1 aliphatic heterocycles. The van der Waals surface area contributed by atoms with Crippen molar-refractivity contribution in [1.82, 2.24) is 10.6 Å².